The number of rotatable bonds is 1. The molecule has 1 aliphatic heterocycles. The highest BCUT2D eigenvalue weighted by Crippen LogP contribution is 2.53. The molecule has 118 valence electrons. The lowest BCUT2D eigenvalue weighted by atomic mass is 9.58. The summed E-state index contributed by atoms with van der Waals surface area (Å²) >= 11 is 0. The Kier molecular flexibility index (Phi) is 3.81. The Morgan fingerprint density at radius 1 is 1.17 bits per heavy atom. The van der Waals surface area contributed by atoms with E-state index in [9.17, 15) is 20.2 Å². The molecule has 1 aliphatic carbocycles. The summed E-state index contributed by atoms with van der Waals surface area (Å²) in [5, 5.41) is 29.0. The monoisotopic (exact) mass is 320 g/mol. The first kappa shape index (κ1) is 15.7. The van der Waals surface area contributed by atoms with Gasteiger partial charge >= 0.3 is 0 Å². The Balaban J connectivity index is 2.31. The molecule has 0 saturated carbocycles. The molecule has 1 aromatic rings. The van der Waals surface area contributed by atoms with Crippen LogP contribution in [0.5, 0.6) is 0 Å². The molecule has 0 amide bonds. The van der Waals surface area contributed by atoms with Gasteiger partial charge in [0.1, 0.15) is 11.9 Å². The quantitative estimate of drug-likeness (QED) is 0.854. The van der Waals surface area contributed by atoms with Crippen molar-refractivity contribution in [1.82, 2.24) is 0 Å². The van der Waals surface area contributed by atoms with Crippen molar-refractivity contribution in [2.45, 2.75) is 5.92 Å². The van der Waals surface area contributed by atoms with Crippen molar-refractivity contribution in [2.24, 2.45) is 17.1 Å². The standard InChI is InChI=1S/C18H13FN4O/c19-12-3-1-11(2-4-12)16-15-8-24-6-5-13(15)14(7-20)17(23)18(16,9-21)10-22/h1-5,15-16H,6,8,23H2/t15-,16-/m1/s1. The minimum Gasteiger partial charge on any atom is -0.399 e. The third kappa shape index (κ3) is 2.07. The molecule has 0 unspecified atom stereocenters. The summed E-state index contributed by atoms with van der Waals surface area (Å²) < 4.78 is 18.8. The fraction of sp³-hybridized carbons (Fsp3) is 0.278. The van der Waals surface area contributed by atoms with Gasteiger partial charge in [-0.2, -0.15) is 15.8 Å². The van der Waals surface area contributed by atoms with E-state index in [0.717, 1.165) is 0 Å². The molecule has 2 aliphatic rings. The predicted octanol–water partition coefficient (Wildman–Crippen LogP) is 2.27. The molecule has 3 rings (SSSR count). The van der Waals surface area contributed by atoms with Crippen molar-refractivity contribution in [1.29, 1.82) is 15.8 Å². The van der Waals surface area contributed by atoms with Crippen LogP contribution in [0.1, 0.15) is 11.5 Å². The summed E-state index contributed by atoms with van der Waals surface area (Å²) in [5.74, 6) is -1.42. The van der Waals surface area contributed by atoms with E-state index >= 15 is 0 Å². The second-order valence-corrected chi connectivity index (χ2v) is 5.76. The summed E-state index contributed by atoms with van der Waals surface area (Å²) in [6.45, 7) is 0.601. The van der Waals surface area contributed by atoms with Crippen LogP contribution in [0.2, 0.25) is 0 Å². The first-order valence-corrected chi connectivity index (χ1v) is 7.35. The van der Waals surface area contributed by atoms with E-state index in [1.54, 1.807) is 18.2 Å². The number of hydrogen-bond donors (Lipinski definition) is 1. The maximum atomic E-state index is 13.3. The molecule has 1 heterocycles. The van der Waals surface area contributed by atoms with Crippen molar-refractivity contribution in [2.75, 3.05) is 13.2 Å². The van der Waals surface area contributed by atoms with Crippen LogP contribution in [0.3, 0.4) is 0 Å². The molecule has 1 aromatic carbocycles. The Morgan fingerprint density at radius 2 is 1.83 bits per heavy atom. The third-order valence-corrected chi connectivity index (χ3v) is 4.66. The zero-order valence-corrected chi connectivity index (χ0v) is 12.7. The van der Waals surface area contributed by atoms with E-state index in [1.165, 1.54) is 12.1 Å². The molecule has 24 heavy (non-hydrogen) atoms. The van der Waals surface area contributed by atoms with Crippen LogP contribution in [0.4, 0.5) is 4.39 Å². The normalized spacial score (nSPS) is 24.8. The highest BCUT2D eigenvalue weighted by atomic mass is 19.1. The maximum Gasteiger partial charge on any atom is 0.191 e. The van der Waals surface area contributed by atoms with Gasteiger partial charge in [-0.1, -0.05) is 18.2 Å². The smallest absolute Gasteiger partial charge is 0.191 e. The molecular formula is C18H13FN4O. The third-order valence-electron chi connectivity index (χ3n) is 4.66. The van der Waals surface area contributed by atoms with Crippen LogP contribution < -0.4 is 5.73 Å². The molecule has 6 heteroatoms. The second kappa shape index (κ2) is 5.81. The van der Waals surface area contributed by atoms with Gasteiger partial charge in [0.15, 0.2) is 5.41 Å². The van der Waals surface area contributed by atoms with Crippen LogP contribution in [-0.2, 0) is 4.74 Å². The van der Waals surface area contributed by atoms with Gasteiger partial charge in [0.05, 0.1) is 36.6 Å². The minimum absolute atomic E-state index is 0.0475. The zero-order valence-electron chi connectivity index (χ0n) is 12.7. The van der Waals surface area contributed by atoms with Gasteiger partial charge in [0.25, 0.3) is 0 Å². The fourth-order valence-corrected chi connectivity index (χ4v) is 3.53. The lowest BCUT2D eigenvalue weighted by molar-refractivity contribution is 0.0979. The number of nitrogens with two attached hydrogens (primary N) is 1. The van der Waals surface area contributed by atoms with Gasteiger partial charge in [-0.25, -0.2) is 4.39 Å². The summed E-state index contributed by atoms with van der Waals surface area (Å²) in [5.41, 5.74) is 5.83. The lowest BCUT2D eigenvalue weighted by Gasteiger charge is -2.43. The van der Waals surface area contributed by atoms with Crippen LogP contribution in [0, 0.1) is 51.1 Å². The average molecular weight is 320 g/mol. The van der Waals surface area contributed by atoms with Gasteiger partial charge in [-0.15, -0.1) is 0 Å². The van der Waals surface area contributed by atoms with E-state index in [-0.39, 0.29) is 23.8 Å². The maximum absolute atomic E-state index is 13.3. The van der Waals surface area contributed by atoms with Gasteiger partial charge in [0.2, 0.25) is 0 Å². The SMILES string of the molecule is N#CC1=C(N)C(C#N)(C#N)[C@H](c2ccc(F)cc2)[C@@H]2COCC=C12. The van der Waals surface area contributed by atoms with Crippen molar-refractivity contribution in [3.63, 3.8) is 0 Å². The van der Waals surface area contributed by atoms with Crippen LogP contribution >= 0.6 is 0 Å². The van der Waals surface area contributed by atoms with Crippen LogP contribution in [-0.4, -0.2) is 13.2 Å². The second-order valence-electron chi connectivity index (χ2n) is 5.76. The number of ether oxygens (including phenoxy) is 1. The Hall–Kier alpha value is -3.14. The first-order chi connectivity index (χ1) is 11.6. The van der Waals surface area contributed by atoms with Crippen molar-refractivity contribution >= 4 is 0 Å². The summed E-state index contributed by atoms with van der Waals surface area (Å²) in [7, 11) is 0. The van der Waals surface area contributed by atoms with Gasteiger partial charge in [-0.05, 0) is 23.3 Å². The number of nitrogens with zero attached hydrogens (tertiary/aromatic N) is 3. The van der Waals surface area contributed by atoms with Gasteiger partial charge in [-0.3, -0.25) is 0 Å². The molecule has 5 nitrogen and oxygen atoms in total. The average Bonchev–Trinajstić information content (AvgIpc) is 2.62. The first-order valence-electron chi connectivity index (χ1n) is 7.35. The van der Waals surface area contributed by atoms with E-state index < -0.39 is 17.2 Å². The Bertz CT molecular complexity index is 850. The minimum atomic E-state index is -1.70. The number of nitriles is 3. The van der Waals surface area contributed by atoms with Gasteiger partial charge in [0, 0.05) is 11.8 Å². The number of halogens is 1. The molecule has 0 radical (unpaired) electrons. The number of allylic oxidation sites excluding steroid dienone is 2. The molecule has 0 aromatic heterocycles. The fourth-order valence-electron chi connectivity index (χ4n) is 3.53. The Morgan fingerprint density at radius 3 is 2.42 bits per heavy atom. The molecule has 0 bridgehead atoms. The summed E-state index contributed by atoms with van der Waals surface area (Å²) in [6, 6.07) is 11.7. The highest BCUT2D eigenvalue weighted by molar-refractivity contribution is 5.59. The molecule has 0 spiro atoms. The lowest BCUT2D eigenvalue weighted by Crippen LogP contribution is -2.44. The molecule has 0 fully saturated rings. The number of hydrogen-bond acceptors (Lipinski definition) is 5. The topological polar surface area (TPSA) is 107 Å². The van der Waals surface area contributed by atoms with E-state index in [0.29, 0.717) is 17.7 Å². The van der Waals surface area contributed by atoms with Crippen LogP contribution in [0.15, 0.2) is 47.2 Å². The largest absolute Gasteiger partial charge is 0.399 e. The summed E-state index contributed by atoms with van der Waals surface area (Å²) in [6.07, 6.45) is 1.76. The summed E-state index contributed by atoms with van der Waals surface area (Å²) in [4.78, 5) is 0. The van der Waals surface area contributed by atoms with Crippen molar-refractivity contribution in [3.8, 4) is 18.2 Å². The molecule has 0 saturated heterocycles. The number of benzene rings is 1. The molecule has 2 N–H and O–H groups in total. The zero-order chi connectivity index (χ0) is 17.3. The van der Waals surface area contributed by atoms with Crippen LogP contribution in [0.25, 0.3) is 0 Å². The number of fused-ring (bicyclic) bond motifs is 1. The highest BCUT2D eigenvalue weighted by Gasteiger charge is 2.54. The predicted molar refractivity (Wildman–Crippen MR) is 82.0 cm³/mol. The van der Waals surface area contributed by atoms with E-state index in [4.69, 9.17) is 10.5 Å². The van der Waals surface area contributed by atoms with E-state index in [2.05, 4.69) is 0 Å². The Labute approximate surface area is 138 Å². The van der Waals surface area contributed by atoms with Crippen molar-refractivity contribution in [3.05, 3.63) is 58.6 Å². The van der Waals surface area contributed by atoms with Gasteiger partial charge < -0.3 is 10.5 Å². The molecular weight excluding hydrogens is 307 g/mol. The van der Waals surface area contributed by atoms with Crippen molar-refractivity contribution < 1.29 is 9.13 Å². The molecule has 2 atom stereocenters. The van der Waals surface area contributed by atoms with E-state index in [1.807, 2.05) is 18.2 Å².